The van der Waals surface area contributed by atoms with Crippen molar-refractivity contribution in [3.05, 3.63) is 38.7 Å². The summed E-state index contributed by atoms with van der Waals surface area (Å²) in [5.41, 5.74) is -0.653. The van der Waals surface area contributed by atoms with Crippen molar-refractivity contribution in [2.75, 3.05) is 0 Å². The number of hydrogen-bond acceptors (Lipinski definition) is 6. The first-order valence-corrected chi connectivity index (χ1v) is 6.36. The standard InChI is InChI=1S/C10H7ClN4O4S/c1-4-12-10(14-13-4)20-8-6(11)2-5(9(16)17)3-7(8)15(18)19/h2-3H,1H3,(H,16,17)(H,12,13,14). The van der Waals surface area contributed by atoms with E-state index in [2.05, 4.69) is 15.2 Å². The fourth-order valence-corrected chi connectivity index (χ4v) is 2.58. The molecule has 10 heteroatoms. The van der Waals surface area contributed by atoms with Crippen LogP contribution in [-0.2, 0) is 0 Å². The van der Waals surface area contributed by atoms with Crippen molar-refractivity contribution in [2.45, 2.75) is 17.0 Å². The molecular formula is C10H7ClN4O4S. The van der Waals surface area contributed by atoms with E-state index in [4.69, 9.17) is 16.7 Å². The number of aromatic nitrogens is 3. The summed E-state index contributed by atoms with van der Waals surface area (Å²) in [5.74, 6) is -0.742. The van der Waals surface area contributed by atoms with Crippen LogP contribution < -0.4 is 0 Å². The molecule has 0 aliphatic carbocycles. The highest BCUT2D eigenvalue weighted by Gasteiger charge is 2.23. The Kier molecular flexibility index (Phi) is 3.91. The summed E-state index contributed by atoms with van der Waals surface area (Å²) in [4.78, 5) is 25.3. The van der Waals surface area contributed by atoms with E-state index in [1.54, 1.807) is 6.92 Å². The number of nitro benzene ring substituents is 1. The molecule has 0 radical (unpaired) electrons. The third-order valence-electron chi connectivity index (χ3n) is 2.24. The van der Waals surface area contributed by atoms with Crippen LogP contribution >= 0.6 is 23.4 Å². The lowest BCUT2D eigenvalue weighted by Crippen LogP contribution is -2.00. The van der Waals surface area contributed by atoms with E-state index in [9.17, 15) is 14.9 Å². The number of nitrogens with one attached hydrogen (secondary N) is 1. The lowest BCUT2D eigenvalue weighted by atomic mass is 10.2. The Labute approximate surface area is 121 Å². The molecule has 0 saturated heterocycles. The molecule has 0 aliphatic rings. The minimum Gasteiger partial charge on any atom is -0.478 e. The summed E-state index contributed by atoms with van der Waals surface area (Å²) in [6.07, 6.45) is 0. The molecule has 0 saturated carbocycles. The number of nitro groups is 1. The predicted octanol–water partition coefficient (Wildman–Crippen LogP) is 2.52. The first kappa shape index (κ1) is 14.3. The maximum Gasteiger partial charge on any atom is 0.335 e. The van der Waals surface area contributed by atoms with Gasteiger partial charge in [-0.15, -0.1) is 5.10 Å². The minimum atomic E-state index is -1.29. The quantitative estimate of drug-likeness (QED) is 0.656. The first-order valence-electron chi connectivity index (χ1n) is 5.16. The molecule has 1 aromatic heterocycles. The Morgan fingerprint density at radius 3 is 2.75 bits per heavy atom. The summed E-state index contributed by atoms with van der Waals surface area (Å²) in [5, 5.41) is 26.6. The van der Waals surface area contributed by atoms with Crippen LogP contribution in [0.1, 0.15) is 16.2 Å². The second-order valence-electron chi connectivity index (χ2n) is 3.67. The number of rotatable bonds is 4. The van der Waals surface area contributed by atoms with Crippen LogP contribution in [0, 0.1) is 17.0 Å². The van der Waals surface area contributed by atoms with Crippen LogP contribution in [0.4, 0.5) is 5.69 Å². The summed E-state index contributed by atoms with van der Waals surface area (Å²) in [7, 11) is 0. The van der Waals surface area contributed by atoms with Gasteiger partial charge >= 0.3 is 5.97 Å². The number of benzene rings is 1. The Morgan fingerprint density at radius 1 is 1.55 bits per heavy atom. The zero-order valence-electron chi connectivity index (χ0n) is 9.95. The number of nitrogens with zero attached hydrogens (tertiary/aromatic N) is 3. The zero-order chi connectivity index (χ0) is 14.9. The SMILES string of the molecule is Cc1nc(Sc2c(Cl)cc(C(=O)O)cc2[N+](=O)[O-])n[nH]1. The van der Waals surface area contributed by atoms with Gasteiger partial charge in [-0.25, -0.2) is 9.78 Å². The average molecular weight is 315 g/mol. The smallest absolute Gasteiger partial charge is 0.335 e. The van der Waals surface area contributed by atoms with Crippen molar-refractivity contribution in [2.24, 2.45) is 0 Å². The van der Waals surface area contributed by atoms with Crippen LogP contribution in [0.3, 0.4) is 0 Å². The van der Waals surface area contributed by atoms with Gasteiger partial charge in [0.1, 0.15) is 10.7 Å². The van der Waals surface area contributed by atoms with Crippen molar-refractivity contribution in [3.63, 3.8) is 0 Å². The molecule has 0 amide bonds. The largest absolute Gasteiger partial charge is 0.478 e. The Morgan fingerprint density at radius 2 is 2.25 bits per heavy atom. The highest BCUT2D eigenvalue weighted by Crippen LogP contribution is 2.39. The summed E-state index contributed by atoms with van der Waals surface area (Å²) in [6.45, 7) is 1.68. The minimum absolute atomic E-state index is 0.0379. The van der Waals surface area contributed by atoms with Crippen LogP contribution in [0.15, 0.2) is 22.2 Å². The number of hydrogen-bond donors (Lipinski definition) is 2. The van der Waals surface area contributed by atoms with Gasteiger partial charge in [0.15, 0.2) is 0 Å². The molecule has 0 spiro atoms. The number of H-pyrrole nitrogens is 1. The van der Waals surface area contributed by atoms with E-state index in [1.807, 2.05) is 0 Å². The molecule has 20 heavy (non-hydrogen) atoms. The second-order valence-corrected chi connectivity index (χ2v) is 5.06. The van der Waals surface area contributed by atoms with Gasteiger partial charge in [0.25, 0.3) is 5.69 Å². The molecule has 0 aliphatic heterocycles. The number of halogens is 1. The molecule has 1 heterocycles. The second kappa shape index (κ2) is 5.47. The molecule has 8 nitrogen and oxygen atoms in total. The predicted molar refractivity (Wildman–Crippen MR) is 70.3 cm³/mol. The van der Waals surface area contributed by atoms with Gasteiger partial charge in [-0.1, -0.05) is 11.6 Å². The van der Waals surface area contributed by atoms with Gasteiger partial charge in [-0.2, -0.15) is 0 Å². The highest BCUT2D eigenvalue weighted by atomic mass is 35.5. The van der Waals surface area contributed by atoms with Gasteiger partial charge in [0.05, 0.1) is 15.5 Å². The van der Waals surface area contributed by atoms with Gasteiger partial charge in [0.2, 0.25) is 5.16 Å². The third-order valence-corrected chi connectivity index (χ3v) is 3.65. The van der Waals surface area contributed by atoms with E-state index in [0.29, 0.717) is 5.82 Å². The Hall–Kier alpha value is -2.13. The lowest BCUT2D eigenvalue weighted by Gasteiger charge is -2.04. The topological polar surface area (TPSA) is 122 Å². The lowest BCUT2D eigenvalue weighted by molar-refractivity contribution is -0.387. The monoisotopic (exact) mass is 314 g/mol. The summed E-state index contributed by atoms with van der Waals surface area (Å²) >= 11 is 6.82. The number of aromatic carboxylic acids is 1. The van der Waals surface area contributed by atoms with E-state index in [1.165, 1.54) is 0 Å². The number of carboxylic acid groups (broad SMARTS) is 1. The fourth-order valence-electron chi connectivity index (χ4n) is 1.40. The van der Waals surface area contributed by atoms with Crippen molar-refractivity contribution < 1.29 is 14.8 Å². The van der Waals surface area contributed by atoms with Crippen molar-refractivity contribution in [3.8, 4) is 0 Å². The molecule has 104 valence electrons. The van der Waals surface area contributed by atoms with Crippen molar-refractivity contribution in [1.29, 1.82) is 0 Å². The maximum atomic E-state index is 11.0. The third kappa shape index (κ3) is 2.89. The maximum absolute atomic E-state index is 11.0. The normalized spacial score (nSPS) is 10.5. The summed E-state index contributed by atoms with van der Waals surface area (Å²) < 4.78 is 0. The molecule has 1 aromatic carbocycles. The molecule has 0 bridgehead atoms. The average Bonchev–Trinajstić information content (AvgIpc) is 2.76. The van der Waals surface area contributed by atoms with Gasteiger partial charge in [0, 0.05) is 6.07 Å². The number of carboxylic acids is 1. The van der Waals surface area contributed by atoms with Crippen molar-refractivity contribution >= 4 is 35.0 Å². The van der Waals surface area contributed by atoms with Crippen LogP contribution in [-0.4, -0.2) is 31.2 Å². The fraction of sp³-hybridized carbons (Fsp3) is 0.100. The van der Waals surface area contributed by atoms with Crippen LogP contribution in [0.5, 0.6) is 0 Å². The Balaban J connectivity index is 2.51. The van der Waals surface area contributed by atoms with Gasteiger partial charge in [-0.05, 0) is 24.8 Å². The highest BCUT2D eigenvalue weighted by molar-refractivity contribution is 7.99. The number of carbonyl (C=O) groups is 1. The molecule has 0 atom stereocenters. The molecule has 2 rings (SSSR count). The zero-order valence-corrected chi connectivity index (χ0v) is 11.5. The van der Waals surface area contributed by atoms with Crippen molar-refractivity contribution in [1.82, 2.24) is 15.2 Å². The molecular weight excluding hydrogens is 308 g/mol. The number of aromatic amines is 1. The van der Waals surface area contributed by atoms with Crippen LogP contribution in [0.25, 0.3) is 0 Å². The van der Waals surface area contributed by atoms with Crippen LogP contribution in [0.2, 0.25) is 5.02 Å². The first-order chi connectivity index (χ1) is 9.38. The van der Waals surface area contributed by atoms with E-state index in [-0.39, 0.29) is 20.6 Å². The molecule has 2 N–H and O–H groups in total. The van der Waals surface area contributed by atoms with E-state index < -0.39 is 16.6 Å². The van der Waals surface area contributed by atoms with E-state index >= 15 is 0 Å². The summed E-state index contributed by atoms with van der Waals surface area (Å²) in [6, 6.07) is 2.11. The van der Waals surface area contributed by atoms with Gasteiger partial charge in [-0.3, -0.25) is 15.2 Å². The Bertz CT molecular complexity index is 703. The number of aryl methyl sites for hydroxylation is 1. The molecule has 0 fully saturated rings. The molecule has 0 unspecified atom stereocenters. The molecule has 2 aromatic rings. The van der Waals surface area contributed by atoms with Gasteiger partial charge < -0.3 is 5.11 Å². The van der Waals surface area contributed by atoms with E-state index in [0.717, 1.165) is 23.9 Å².